The molecule has 1 fully saturated rings. The molecule has 0 radical (unpaired) electrons. The van der Waals surface area contributed by atoms with Gasteiger partial charge in [-0.1, -0.05) is 140 Å². The highest BCUT2D eigenvalue weighted by atomic mass is 32.1. The fourth-order valence-electron chi connectivity index (χ4n) is 5.89. The predicted molar refractivity (Wildman–Crippen MR) is 165 cm³/mol. The number of hydrogen-bond donors (Lipinski definition) is 0. The van der Waals surface area contributed by atoms with Crippen LogP contribution in [-0.4, -0.2) is 25.9 Å². The van der Waals surface area contributed by atoms with Gasteiger partial charge in [0.25, 0.3) is 0 Å². The molecule has 38 heavy (non-hydrogen) atoms. The van der Waals surface area contributed by atoms with Crippen molar-refractivity contribution in [2.45, 2.75) is 174 Å². The first-order valence-corrected chi connectivity index (χ1v) is 17.9. The standard InChI is InChI=1S/C34H64NO2S/c1-2-3-4-5-6-7-8-9-10-11-12-13-14-15-18-21-24-33-29-34(37-30-33)31-36-27-23-20-17-16-19-22-25-35-26-28-38-32-35/h26,28,32-34H,2-25,27,29-31H2,1H3/q+1/t33-,34+/m0/s1. The van der Waals surface area contributed by atoms with E-state index in [0.29, 0.717) is 6.10 Å². The molecule has 1 aromatic heterocycles. The highest BCUT2D eigenvalue weighted by Crippen LogP contribution is 2.25. The monoisotopic (exact) mass is 550 g/mol. The van der Waals surface area contributed by atoms with E-state index in [-0.39, 0.29) is 0 Å². The lowest BCUT2D eigenvalue weighted by Crippen LogP contribution is -2.29. The Bertz CT molecular complexity index is 593. The second kappa shape index (κ2) is 25.5. The van der Waals surface area contributed by atoms with Crippen LogP contribution in [0.25, 0.3) is 0 Å². The SMILES string of the molecule is CCCCCCCCCCCCCCCCCC[C@@H]1CO[C@@H](COCCCCCCCC[n+]2ccsc2)C1. The molecule has 0 saturated carbocycles. The van der Waals surface area contributed by atoms with Gasteiger partial charge in [0.2, 0.25) is 5.51 Å². The van der Waals surface area contributed by atoms with Gasteiger partial charge < -0.3 is 9.47 Å². The second-order valence-electron chi connectivity index (χ2n) is 12.1. The van der Waals surface area contributed by atoms with Gasteiger partial charge in [-0.15, -0.1) is 0 Å². The molecule has 0 amide bonds. The van der Waals surface area contributed by atoms with Crippen LogP contribution in [0.1, 0.15) is 161 Å². The molecule has 3 nitrogen and oxygen atoms in total. The van der Waals surface area contributed by atoms with Crippen LogP contribution in [0, 0.1) is 5.92 Å². The minimum Gasteiger partial charge on any atom is -0.379 e. The summed E-state index contributed by atoms with van der Waals surface area (Å²) in [7, 11) is 0. The van der Waals surface area contributed by atoms with Crippen molar-refractivity contribution in [2.75, 3.05) is 19.8 Å². The summed E-state index contributed by atoms with van der Waals surface area (Å²) < 4.78 is 14.3. The molecule has 1 aliphatic heterocycles. The minimum atomic E-state index is 0.357. The van der Waals surface area contributed by atoms with E-state index >= 15 is 0 Å². The largest absolute Gasteiger partial charge is 0.379 e. The first-order chi connectivity index (χ1) is 18.9. The molecule has 1 aromatic rings. The second-order valence-corrected chi connectivity index (χ2v) is 12.9. The number of ether oxygens (including phenoxy) is 2. The molecule has 0 aliphatic carbocycles. The van der Waals surface area contributed by atoms with Crippen molar-refractivity contribution in [2.24, 2.45) is 5.92 Å². The predicted octanol–water partition coefficient (Wildman–Crippen LogP) is 10.4. The van der Waals surface area contributed by atoms with Crippen LogP contribution < -0.4 is 4.57 Å². The number of aromatic nitrogens is 1. The Kier molecular flexibility index (Phi) is 22.7. The van der Waals surface area contributed by atoms with Gasteiger partial charge >= 0.3 is 0 Å². The van der Waals surface area contributed by atoms with E-state index in [1.807, 2.05) is 0 Å². The summed E-state index contributed by atoms with van der Waals surface area (Å²) in [4.78, 5) is 0. The van der Waals surface area contributed by atoms with E-state index < -0.39 is 0 Å². The van der Waals surface area contributed by atoms with E-state index in [4.69, 9.17) is 9.47 Å². The number of hydrogen-bond acceptors (Lipinski definition) is 3. The van der Waals surface area contributed by atoms with Gasteiger partial charge in [-0.25, -0.2) is 0 Å². The van der Waals surface area contributed by atoms with E-state index in [9.17, 15) is 0 Å². The first-order valence-electron chi connectivity index (χ1n) is 17.0. The number of aryl methyl sites for hydroxylation is 1. The normalized spacial score (nSPS) is 17.5. The van der Waals surface area contributed by atoms with Gasteiger partial charge in [-0.3, -0.25) is 0 Å². The Morgan fingerprint density at radius 2 is 1.26 bits per heavy atom. The molecule has 0 spiro atoms. The molecule has 1 saturated heterocycles. The maximum absolute atomic E-state index is 6.02. The Balaban J connectivity index is 1.24. The van der Waals surface area contributed by atoms with Crippen LogP contribution >= 0.6 is 11.3 Å². The van der Waals surface area contributed by atoms with Crippen molar-refractivity contribution in [1.29, 1.82) is 0 Å². The van der Waals surface area contributed by atoms with E-state index in [0.717, 1.165) is 25.7 Å². The van der Waals surface area contributed by atoms with Crippen molar-refractivity contribution >= 4 is 11.3 Å². The molecule has 2 atom stereocenters. The summed E-state index contributed by atoms with van der Waals surface area (Å²) in [6.45, 7) is 6.17. The molecule has 2 heterocycles. The zero-order valence-electron chi connectivity index (χ0n) is 25.4. The zero-order valence-corrected chi connectivity index (χ0v) is 26.2. The number of thiazole rings is 1. The summed E-state index contributed by atoms with van der Waals surface area (Å²) in [5.74, 6) is 0.780. The molecule has 0 N–H and O–H groups in total. The smallest absolute Gasteiger partial charge is 0.224 e. The summed E-state index contributed by atoms with van der Waals surface area (Å²) in [6, 6.07) is 0. The van der Waals surface area contributed by atoms with Crippen LogP contribution in [-0.2, 0) is 16.0 Å². The van der Waals surface area contributed by atoms with Crippen LogP contribution in [0.3, 0.4) is 0 Å². The van der Waals surface area contributed by atoms with Crippen molar-refractivity contribution < 1.29 is 14.0 Å². The number of rotatable bonds is 28. The van der Waals surface area contributed by atoms with Gasteiger partial charge in [0.15, 0.2) is 6.20 Å². The number of nitrogens with zero attached hydrogens (tertiary/aromatic N) is 1. The zero-order chi connectivity index (χ0) is 26.8. The fourth-order valence-corrected chi connectivity index (χ4v) is 6.52. The lowest BCUT2D eigenvalue weighted by atomic mass is 9.97. The summed E-state index contributed by atoms with van der Waals surface area (Å²) in [5, 5.41) is 2.15. The Hall–Kier alpha value is -0.450. The van der Waals surface area contributed by atoms with Gasteiger partial charge in [0.05, 0.1) is 18.1 Å². The van der Waals surface area contributed by atoms with Crippen LogP contribution in [0.15, 0.2) is 17.1 Å². The molecule has 222 valence electrons. The molecular weight excluding hydrogens is 486 g/mol. The molecular formula is C34H64NO2S+. The average molecular weight is 551 g/mol. The number of unbranched alkanes of at least 4 members (excludes halogenated alkanes) is 20. The minimum absolute atomic E-state index is 0.357. The van der Waals surface area contributed by atoms with Crippen molar-refractivity contribution in [3.8, 4) is 0 Å². The maximum atomic E-state index is 6.02. The van der Waals surface area contributed by atoms with E-state index in [2.05, 4.69) is 28.6 Å². The maximum Gasteiger partial charge on any atom is 0.224 e. The third-order valence-corrected chi connectivity index (χ3v) is 9.09. The molecule has 0 unspecified atom stereocenters. The van der Waals surface area contributed by atoms with Gasteiger partial charge in [0, 0.05) is 19.6 Å². The van der Waals surface area contributed by atoms with Crippen molar-refractivity contribution in [3.05, 3.63) is 17.1 Å². The molecule has 0 bridgehead atoms. The van der Waals surface area contributed by atoms with Gasteiger partial charge in [-0.05, 0) is 31.6 Å². The lowest BCUT2D eigenvalue weighted by Gasteiger charge is -2.10. The quantitative estimate of drug-likeness (QED) is 0.0764. The van der Waals surface area contributed by atoms with E-state index in [1.54, 1.807) is 11.3 Å². The van der Waals surface area contributed by atoms with Crippen LogP contribution in [0.2, 0.25) is 0 Å². The Morgan fingerprint density at radius 1 is 0.711 bits per heavy atom. The Morgan fingerprint density at radius 3 is 1.84 bits per heavy atom. The van der Waals surface area contributed by atoms with Gasteiger partial charge in [-0.2, -0.15) is 4.57 Å². The lowest BCUT2D eigenvalue weighted by molar-refractivity contribution is -0.692. The molecule has 2 rings (SSSR count). The van der Waals surface area contributed by atoms with Crippen LogP contribution in [0.4, 0.5) is 0 Å². The Labute approximate surface area is 241 Å². The fraction of sp³-hybridized carbons (Fsp3) is 0.912. The summed E-state index contributed by atoms with van der Waals surface area (Å²) in [5.41, 5.74) is 2.20. The third-order valence-electron chi connectivity index (χ3n) is 8.42. The van der Waals surface area contributed by atoms with Gasteiger partial charge in [0.1, 0.15) is 6.54 Å². The van der Waals surface area contributed by atoms with Crippen molar-refractivity contribution in [1.82, 2.24) is 0 Å². The topological polar surface area (TPSA) is 22.3 Å². The van der Waals surface area contributed by atoms with Crippen LogP contribution in [0.5, 0.6) is 0 Å². The summed E-state index contributed by atoms with van der Waals surface area (Å²) in [6.07, 6.45) is 36.1. The molecule has 1 aliphatic rings. The highest BCUT2D eigenvalue weighted by molar-refractivity contribution is 7.07. The average Bonchev–Trinajstić information content (AvgIpc) is 3.62. The molecule has 0 aromatic carbocycles. The van der Waals surface area contributed by atoms with E-state index in [1.165, 1.54) is 161 Å². The third kappa shape index (κ3) is 19.6. The highest BCUT2D eigenvalue weighted by Gasteiger charge is 2.24. The van der Waals surface area contributed by atoms with Crippen molar-refractivity contribution in [3.63, 3.8) is 0 Å². The molecule has 4 heteroatoms. The first kappa shape index (κ1) is 33.8. The summed E-state index contributed by atoms with van der Waals surface area (Å²) >= 11 is 1.78.